The number of amides is 2. The van der Waals surface area contributed by atoms with Crippen LogP contribution in [0.2, 0.25) is 10.2 Å². The maximum absolute atomic E-state index is 12.0. The van der Waals surface area contributed by atoms with Gasteiger partial charge < -0.3 is 15.6 Å². The van der Waals surface area contributed by atoms with Crippen LogP contribution in [0.3, 0.4) is 0 Å². The van der Waals surface area contributed by atoms with E-state index < -0.39 is 5.91 Å². The van der Waals surface area contributed by atoms with Gasteiger partial charge in [-0.1, -0.05) is 23.2 Å². The SMILES string of the molecule is O=C(Cn1cc(NC(=O)c2cc(Cl)c(Cl)[nH]2)cn1)NC1CC1. The zero-order valence-electron chi connectivity index (χ0n) is 11.4. The van der Waals surface area contributed by atoms with Crippen molar-refractivity contribution < 1.29 is 9.59 Å². The van der Waals surface area contributed by atoms with Crippen molar-refractivity contribution >= 4 is 40.7 Å². The van der Waals surface area contributed by atoms with Crippen molar-refractivity contribution in [3.05, 3.63) is 34.3 Å². The number of rotatable bonds is 5. The van der Waals surface area contributed by atoms with Crippen LogP contribution in [-0.4, -0.2) is 32.6 Å². The number of nitrogens with one attached hydrogen (secondary N) is 3. The van der Waals surface area contributed by atoms with Gasteiger partial charge in [-0.05, 0) is 18.9 Å². The molecule has 1 aliphatic carbocycles. The summed E-state index contributed by atoms with van der Waals surface area (Å²) in [4.78, 5) is 26.3. The Kier molecular flexibility index (Phi) is 4.08. The third kappa shape index (κ3) is 3.61. The van der Waals surface area contributed by atoms with Crippen LogP contribution < -0.4 is 10.6 Å². The van der Waals surface area contributed by atoms with E-state index in [4.69, 9.17) is 23.2 Å². The first-order chi connectivity index (χ1) is 10.5. The highest BCUT2D eigenvalue weighted by molar-refractivity contribution is 6.41. The van der Waals surface area contributed by atoms with Gasteiger partial charge in [0, 0.05) is 12.2 Å². The summed E-state index contributed by atoms with van der Waals surface area (Å²) in [6.45, 7) is 0.118. The first kappa shape index (κ1) is 14.9. The summed E-state index contributed by atoms with van der Waals surface area (Å²) in [5.41, 5.74) is 0.722. The number of anilines is 1. The van der Waals surface area contributed by atoms with Crippen molar-refractivity contribution in [1.82, 2.24) is 20.1 Å². The van der Waals surface area contributed by atoms with Gasteiger partial charge in [-0.15, -0.1) is 0 Å². The van der Waals surface area contributed by atoms with Gasteiger partial charge >= 0.3 is 0 Å². The summed E-state index contributed by atoms with van der Waals surface area (Å²) in [6, 6.07) is 1.75. The monoisotopic (exact) mass is 341 g/mol. The number of halogens is 2. The number of aromatic amines is 1. The predicted octanol–water partition coefficient (Wildman–Crippen LogP) is 2.05. The van der Waals surface area contributed by atoms with E-state index in [9.17, 15) is 9.59 Å². The number of aromatic nitrogens is 3. The van der Waals surface area contributed by atoms with E-state index in [1.54, 1.807) is 6.20 Å². The largest absolute Gasteiger partial charge is 0.352 e. The highest BCUT2D eigenvalue weighted by Crippen LogP contribution is 2.22. The molecular weight excluding hydrogens is 329 g/mol. The first-order valence-corrected chi connectivity index (χ1v) is 7.44. The summed E-state index contributed by atoms with van der Waals surface area (Å²) in [6.07, 6.45) is 5.12. The molecule has 0 aromatic carbocycles. The number of H-pyrrole nitrogens is 1. The molecule has 0 unspecified atom stereocenters. The average Bonchev–Trinajstić information content (AvgIpc) is 3.05. The van der Waals surface area contributed by atoms with Gasteiger partial charge in [-0.2, -0.15) is 5.10 Å². The Labute approximate surface area is 136 Å². The van der Waals surface area contributed by atoms with Crippen molar-refractivity contribution in [1.29, 1.82) is 0 Å². The lowest BCUT2D eigenvalue weighted by molar-refractivity contribution is -0.122. The lowest BCUT2D eigenvalue weighted by atomic mass is 10.4. The Hall–Kier alpha value is -1.99. The molecule has 1 aliphatic rings. The van der Waals surface area contributed by atoms with Crippen molar-refractivity contribution in [3.63, 3.8) is 0 Å². The van der Waals surface area contributed by atoms with E-state index in [1.807, 2.05) is 0 Å². The van der Waals surface area contributed by atoms with Crippen molar-refractivity contribution in [2.24, 2.45) is 0 Å². The molecule has 0 atom stereocenters. The Morgan fingerprint density at radius 3 is 2.82 bits per heavy atom. The van der Waals surface area contributed by atoms with Crippen molar-refractivity contribution in [3.8, 4) is 0 Å². The molecule has 2 aromatic heterocycles. The Balaban J connectivity index is 1.58. The average molecular weight is 342 g/mol. The van der Waals surface area contributed by atoms with Crippen LogP contribution in [0.25, 0.3) is 0 Å². The molecule has 0 aliphatic heterocycles. The molecule has 3 rings (SSSR count). The minimum Gasteiger partial charge on any atom is -0.352 e. The molecule has 0 spiro atoms. The topological polar surface area (TPSA) is 91.8 Å². The van der Waals surface area contributed by atoms with Crippen LogP contribution in [0.1, 0.15) is 23.3 Å². The molecular formula is C13H13Cl2N5O2. The van der Waals surface area contributed by atoms with Gasteiger partial charge in [0.25, 0.3) is 5.91 Å². The fraction of sp³-hybridized carbons (Fsp3) is 0.308. The molecule has 9 heteroatoms. The first-order valence-electron chi connectivity index (χ1n) is 6.68. The second kappa shape index (κ2) is 6.02. The van der Waals surface area contributed by atoms with Gasteiger partial charge in [0.1, 0.15) is 17.4 Å². The quantitative estimate of drug-likeness (QED) is 0.777. The zero-order chi connectivity index (χ0) is 15.7. The molecule has 1 fully saturated rings. The van der Waals surface area contributed by atoms with Crippen LogP contribution in [0.5, 0.6) is 0 Å². The summed E-state index contributed by atoms with van der Waals surface area (Å²) >= 11 is 11.5. The third-order valence-corrected chi connectivity index (χ3v) is 3.80. The van der Waals surface area contributed by atoms with Crippen LogP contribution in [0.15, 0.2) is 18.5 Å². The number of hydrogen-bond donors (Lipinski definition) is 3. The van der Waals surface area contributed by atoms with E-state index in [2.05, 4.69) is 20.7 Å². The van der Waals surface area contributed by atoms with Gasteiger partial charge in [0.2, 0.25) is 5.91 Å². The molecule has 3 N–H and O–H groups in total. The number of carbonyl (C=O) groups excluding carboxylic acids is 2. The molecule has 0 bridgehead atoms. The highest BCUT2D eigenvalue weighted by Gasteiger charge is 2.23. The van der Waals surface area contributed by atoms with Gasteiger partial charge in [0.05, 0.1) is 16.9 Å². The smallest absolute Gasteiger partial charge is 0.272 e. The van der Waals surface area contributed by atoms with E-state index in [0.717, 1.165) is 12.8 Å². The van der Waals surface area contributed by atoms with Gasteiger partial charge in [-0.3, -0.25) is 14.3 Å². The van der Waals surface area contributed by atoms with Crippen LogP contribution in [0.4, 0.5) is 5.69 Å². The number of hydrogen-bond acceptors (Lipinski definition) is 3. The lowest BCUT2D eigenvalue weighted by Crippen LogP contribution is -2.29. The highest BCUT2D eigenvalue weighted by atomic mass is 35.5. The Morgan fingerprint density at radius 2 is 2.18 bits per heavy atom. The summed E-state index contributed by atoms with van der Waals surface area (Å²) in [5.74, 6) is -0.484. The second-order valence-corrected chi connectivity index (χ2v) is 5.85. The van der Waals surface area contributed by atoms with Crippen molar-refractivity contribution in [2.45, 2.75) is 25.4 Å². The molecule has 7 nitrogen and oxygen atoms in total. The van der Waals surface area contributed by atoms with E-state index in [-0.39, 0.29) is 28.3 Å². The minimum atomic E-state index is -0.393. The van der Waals surface area contributed by atoms with Crippen LogP contribution in [-0.2, 0) is 11.3 Å². The van der Waals surface area contributed by atoms with Crippen LogP contribution >= 0.6 is 23.2 Å². The molecule has 116 valence electrons. The summed E-state index contributed by atoms with van der Waals surface area (Å²) in [7, 11) is 0. The molecule has 1 saturated carbocycles. The molecule has 2 heterocycles. The fourth-order valence-corrected chi connectivity index (χ4v) is 2.20. The normalized spacial score (nSPS) is 13.9. The second-order valence-electron chi connectivity index (χ2n) is 5.07. The molecule has 0 radical (unpaired) electrons. The standard InChI is InChI=1S/C13H13Cl2N5O2/c14-9-3-10(19-12(9)15)13(22)18-8-4-16-20(5-8)6-11(21)17-7-1-2-7/h3-5,7,19H,1-2,6H2,(H,17,21)(H,18,22). The summed E-state index contributed by atoms with van der Waals surface area (Å²) in [5, 5.41) is 10.0. The molecule has 0 saturated heterocycles. The zero-order valence-corrected chi connectivity index (χ0v) is 12.9. The van der Waals surface area contributed by atoms with E-state index in [1.165, 1.54) is 16.9 Å². The minimum absolute atomic E-state index is 0.0913. The predicted molar refractivity (Wildman–Crippen MR) is 82.2 cm³/mol. The fourth-order valence-electron chi connectivity index (χ4n) is 1.89. The Bertz CT molecular complexity index is 700. The van der Waals surface area contributed by atoms with E-state index >= 15 is 0 Å². The van der Waals surface area contributed by atoms with Gasteiger partial charge in [-0.25, -0.2) is 0 Å². The summed E-state index contributed by atoms with van der Waals surface area (Å²) < 4.78 is 1.46. The van der Waals surface area contributed by atoms with Crippen molar-refractivity contribution in [2.75, 3.05) is 5.32 Å². The van der Waals surface area contributed by atoms with Gasteiger partial charge in [0.15, 0.2) is 0 Å². The number of nitrogens with zero attached hydrogens (tertiary/aromatic N) is 2. The van der Waals surface area contributed by atoms with E-state index in [0.29, 0.717) is 11.7 Å². The molecule has 2 aromatic rings. The molecule has 22 heavy (non-hydrogen) atoms. The molecule has 2 amide bonds. The number of carbonyl (C=O) groups is 2. The lowest BCUT2D eigenvalue weighted by Gasteiger charge is -2.03. The maximum atomic E-state index is 12.0. The third-order valence-electron chi connectivity index (χ3n) is 3.11. The van der Waals surface area contributed by atoms with Crippen LogP contribution in [0, 0.1) is 0 Å². The Morgan fingerprint density at radius 1 is 1.41 bits per heavy atom. The maximum Gasteiger partial charge on any atom is 0.272 e.